The van der Waals surface area contributed by atoms with Crippen LogP contribution in [0.15, 0.2) is 0 Å². The van der Waals surface area contributed by atoms with Crippen LogP contribution in [0.5, 0.6) is 0 Å². The SMILES string of the molecule is CCCCCCCCCCCCCCCCCCCC(=O)OC[C@H](COP(=O)(O)OC[C@@H](O)COP(=O)(O)OC[C@@H](COC(=O)CCCCCCCCCC(C)C)OC(=O)CCCCCCCCCCCCCCCCCC)OC(=O)CCCCCCCCCCCCCCCCCCC(C)C. The van der Waals surface area contributed by atoms with Crippen molar-refractivity contribution in [1.29, 1.82) is 0 Å². The molecule has 0 spiro atoms. The van der Waals surface area contributed by atoms with Crippen molar-refractivity contribution < 1.29 is 80.2 Å². The van der Waals surface area contributed by atoms with Gasteiger partial charge in [-0.1, -0.05) is 388 Å². The molecule has 0 rings (SSSR count). The van der Waals surface area contributed by atoms with Crippen molar-refractivity contribution in [1.82, 2.24) is 0 Å². The molecule has 0 saturated carbocycles. The van der Waals surface area contributed by atoms with Gasteiger partial charge in [0.15, 0.2) is 12.2 Å². The predicted octanol–water partition coefficient (Wildman–Crippen LogP) is 25.1. The summed E-state index contributed by atoms with van der Waals surface area (Å²) in [4.78, 5) is 73.1. The summed E-state index contributed by atoms with van der Waals surface area (Å²) in [5, 5.41) is 10.7. The lowest BCUT2D eigenvalue weighted by Gasteiger charge is -2.21. The van der Waals surface area contributed by atoms with Gasteiger partial charge in [-0.2, -0.15) is 0 Å². The number of phosphoric ester groups is 2. The van der Waals surface area contributed by atoms with Gasteiger partial charge in [0.05, 0.1) is 26.4 Å². The molecule has 17 nitrogen and oxygen atoms in total. The average molecular weight is 1490 g/mol. The summed E-state index contributed by atoms with van der Waals surface area (Å²) >= 11 is 0. The van der Waals surface area contributed by atoms with Crippen molar-refractivity contribution in [2.45, 2.75) is 458 Å². The largest absolute Gasteiger partial charge is 0.472 e. The number of rotatable bonds is 82. The first-order valence-corrected chi connectivity index (χ1v) is 46.0. The molecule has 606 valence electrons. The lowest BCUT2D eigenvalue weighted by atomic mass is 10.0. The molecule has 0 aromatic rings. The molecule has 0 aliphatic rings. The van der Waals surface area contributed by atoms with Crippen molar-refractivity contribution >= 4 is 39.5 Å². The molecule has 0 fully saturated rings. The Bertz CT molecular complexity index is 1960. The first kappa shape index (κ1) is 100. The van der Waals surface area contributed by atoms with Gasteiger partial charge in [-0.15, -0.1) is 0 Å². The number of aliphatic hydroxyl groups is 1. The van der Waals surface area contributed by atoms with Crippen LogP contribution in [0.1, 0.15) is 440 Å². The fourth-order valence-electron chi connectivity index (χ4n) is 12.9. The van der Waals surface area contributed by atoms with Crippen LogP contribution in [0.4, 0.5) is 0 Å². The zero-order valence-corrected chi connectivity index (χ0v) is 68.7. The Morgan fingerprint density at radius 3 is 0.667 bits per heavy atom. The van der Waals surface area contributed by atoms with Crippen molar-refractivity contribution in [2.75, 3.05) is 39.6 Å². The minimum Gasteiger partial charge on any atom is -0.462 e. The molecule has 0 saturated heterocycles. The fraction of sp³-hybridized carbons (Fsp3) is 0.952. The number of carbonyl (C=O) groups is 4. The van der Waals surface area contributed by atoms with Crippen LogP contribution in [0.25, 0.3) is 0 Å². The van der Waals surface area contributed by atoms with E-state index in [2.05, 4.69) is 41.5 Å². The molecule has 5 atom stereocenters. The Labute approximate surface area is 626 Å². The highest BCUT2D eigenvalue weighted by Gasteiger charge is 2.30. The van der Waals surface area contributed by atoms with Crippen molar-refractivity contribution in [2.24, 2.45) is 11.8 Å². The summed E-state index contributed by atoms with van der Waals surface area (Å²) in [6.07, 6.45) is 65.3. The molecule has 0 amide bonds. The maximum Gasteiger partial charge on any atom is 0.472 e. The van der Waals surface area contributed by atoms with E-state index in [1.807, 2.05) is 0 Å². The molecule has 0 aliphatic heterocycles. The van der Waals surface area contributed by atoms with E-state index in [-0.39, 0.29) is 25.7 Å². The molecule has 0 aliphatic carbocycles. The molecule has 2 unspecified atom stereocenters. The number of hydrogen-bond acceptors (Lipinski definition) is 15. The van der Waals surface area contributed by atoms with Crippen LogP contribution in [0, 0.1) is 11.8 Å². The molecular weight excluding hydrogens is 1330 g/mol. The summed E-state index contributed by atoms with van der Waals surface area (Å²) in [6, 6.07) is 0. The fourth-order valence-corrected chi connectivity index (χ4v) is 14.5. The first-order chi connectivity index (χ1) is 49.4. The van der Waals surface area contributed by atoms with Crippen LogP contribution in [-0.2, 0) is 65.4 Å². The molecule has 102 heavy (non-hydrogen) atoms. The molecule has 0 heterocycles. The summed E-state index contributed by atoms with van der Waals surface area (Å²) < 4.78 is 68.8. The second kappa shape index (κ2) is 74.5. The summed E-state index contributed by atoms with van der Waals surface area (Å²) in [7, 11) is -9.92. The van der Waals surface area contributed by atoms with Crippen molar-refractivity contribution in [3.8, 4) is 0 Å². The number of unbranched alkanes of at least 4 members (excludes halogenated alkanes) is 52. The van der Waals surface area contributed by atoms with E-state index in [0.29, 0.717) is 31.6 Å². The summed E-state index contributed by atoms with van der Waals surface area (Å²) in [6.45, 7) is 9.63. The Hall–Kier alpha value is -1.94. The second-order valence-corrected chi connectivity index (χ2v) is 33.7. The van der Waals surface area contributed by atoms with Gasteiger partial charge in [0, 0.05) is 25.7 Å². The van der Waals surface area contributed by atoms with Gasteiger partial charge in [-0.25, -0.2) is 9.13 Å². The van der Waals surface area contributed by atoms with Crippen molar-refractivity contribution in [3.63, 3.8) is 0 Å². The lowest BCUT2D eigenvalue weighted by molar-refractivity contribution is -0.161. The molecule has 0 aromatic heterocycles. The van der Waals surface area contributed by atoms with Crippen LogP contribution in [0.3, 0.4) is 0 Å². The number of carbonyl (C=O) groups excluding carboxylic acids is 4. The Kier molecular flexibility index (Phi) is 73.1. The van der Waals surface area contributed by atoms with E-state index in [1.165, 1.54) is 250 Å². The van der Waals surface area contributed by atoms with E-state index in [1.54, 1.807) is 0 Å². The first-order valence-electron chi connectivity index (χ1n) is 43.0. The zero-order valence-electron chi connectivity index (χ0n) is 66.9. The zero-order chi connectivity index (χ0) is 74.9. The standard InChI is InChI=1S/C83H162O17P2/c1-7-9-11-13-15-17-19-21-23-25-30-33-37-41-47-53-59-65-80(85)93-71-78(99-82(87)67-62-56-49-43-39-35-31-27-26-28-32-36-40-45-51-57-63-75(3)4)73-97-101(89,90)95-69-77(84)70-96-102(91,92)98-74-79(72-94-81(86)66-60-54-50-44-46-52-58-64-76(5)6)100-83(88)68-61-55-48-42-38-34-29-24-22-20-18-16-14-12-10-8-2/h75-79,84H,7-74H2,1-6H3,(H,89,90)(H,91,92)/t77-,78-,79-/m1/s1. The van der Waals surface area contributed by atoms with E-state index in [4.69, 9.17) is 37.0 Å². The Morgan fingerprint density at radius 1 is 0.265 bits per heavy atom. The normalized spacial score (nSPS) is 13.9. The third kappa shape index (κ3) is 76.3. The highest BCUT2D eigenvalue weighted by Crippen LogP contribution is 2.45. The molecule has 0 radical (unpaired) electrons. The molecular formula is C83H162O17P2. The van der Waals surface area contributed by atoms with Crippen LogP contribution in [-0.4, -0.2) is 96.7 Å². The number of hydrogen-bond donors (Lipinski definition) is 3. The van der Waals surface area contributed by atoms with Crippen LogP contribution >= 0.6 is 15.6 Å². The Morgan fingerprint density at radius 2 is 0.451 bits per heavy atom. The summed E-state index contributed by atoms with van der Waals surface area (Å²) in [5.41, 5.74) is 0. The van der Waals surface area contributed by atoms with Gasteiger partial charge in [0.1, 0.15) is 19.3 Å². The van der Waals surface area contributed by atoms with Gasteiger partial charge >= 0.3 is 39.5 Å². The number of ether oxygens (including phenoxy) is 4. The van der Waals surface area contributed by atoms with Crippen LogP contribution < -0.4 is 0 Å². The van der Waals surface area contributed by atoms with Gasteiger partial charge < -0.3 is 33.8 Å². The molecule has 19 heteroatoms. The maximum absolute atomic E-state index is 13.1. The third-order valence-corrected chi connectivity index (χ3v) is 21.4. The van der Waals surface area contributed by atoms with Crippen molar-refractivity contribution in [3.05, 3.63) is 0 Å². The highest BCUT2D eigenvalue weighted by atomic mass is 31.2. The Balaban J connectivity index is 5.24. The smallest absolute Gasteiger partial charge is 0.462 e. The second-order valence-electron chi connectivity index (χ2n) is 30.8. The maximum atomic E-state index is 13.1. The van der Waals surface area contributed by atoms with E-state index >= 15 is 0 Å². The van der Waals surface area contributed by atoms with Gasteiger partial charge in [0.25, 0.3) is 0 Å². The lowest BCUT2D eigenvalue weighted by Crippen LogP contribution is -2.30. The highest BCUT2D eigenvalue weighted by molar-refractivity contribution is 7.47. The van der Waals surface area contributed by atoms with E-state index < -0.39 is 97.5 Å². The van der Waals surface area contributed by atoms with Crippen LogP contribution in [0.2, 0.25) is 0 Å². The average Bonchev–Trinajstić information content (AvgIpc) is 0.908. The summed E-state index contributed by atoms with van der Waals surface area (Å²) in [5.74, 6) is -0.591. The van der Waals surface area contributed by atoms with E-state index in [9.17, 15) is 43.2 Å². The minimum absolute atomic E-state index is 0.108. The van der Waals surface area contributed by atoms with Gasteiger partial charge in [0.2, 0.25) is 0 Å². The topological polar surface area (TPSA) is 237 Å². The molecule has 0 aromatic carbocycles. The quantitative estimate of drug-likeness (QED) is 0.0222. The molecule has 0 bridgehead atoms. The number of phosphoric acid groups is 2. The predicted molar refractivity (Wildman–Crippen MR) is 418 cm³/mol. The monoisotopic (exact) mass is 1490 g/mol. The third-order valence-electron chi connectivity index (χ3n) is 19.5. The van der Waals surface area contributed by atoms with Gasteiger partial charge in [-0.3, -0.25) is 37.3 Å². The number of esters is 4. The number of aliphatic hydroxyl groups excluding tert-OH is 1. The van der Waals surface area contributed by atoms with E-state index in [0.717, 1.165) is 102 Å². The minimum atomic E-state index is -4.96. The molecule has 3 N–H and O–H groups in total. The van der Waals surface area contributed by atoms with Gasteiger partial charge in [-0.05, 0) is 37.5 Å².